The molecule has 1 fully saturated rings. The Labute approximate surface area is 100 Å². The van der Waals surface area contributed by atoms with E-state index in [1.807, 2.05) is 6.92 Å². The van der Waals surface area contributed by atoms with Gasteiger partial charge >= 0.3 is 0 Å². The summed E-state index contributed by atoms with van der Waals surface area (Å²) < 4.78 is 5.28. The Morgan fingerprint density at radius 1 is 1.18 bits per heavy atom. The van der Waals surface area contributed by atoms with E-state index in [4.69, 9.17) is 14.9 Å². The van der Waals surface area contributed by atoms with Crippen LogP contribution in [-0.2, 0) is 4.74 Å². The van der Waals surface area contributed by atoms with Gasteiger partial charge in [-0.05, 0) is 6.42 Å². The molecule has 7 N–H and O–H groups in total. The summed E-state index contributed by atoms with van der Waals surface area (Å²) in [6, 6.07) is -0.0406. The van der Waals surface area contributed by atoms with E-state index in [1.54, 1.807) is 0 Å². The second-order valence-electron chi connectivity index (χ2n) is 4.07. The summed E-state index contributed by atoms with van der Waals surface area (Å²) in [5.74, 6) is 0. The Balaban J connectivity index is 0.00000256. The van der Waals surface area contributed by atoms with Gasteiger partial charge in [0.2, 0.25) is 0 Å². The minimum absolute atomic E-state index is 0. The molecule has 0 radical (unpaired) electrons. The first-order valence-electron chi connectivity index (χ1n) is 5.60. The fourth-order valence-corrected chi connectivity index (χ4v) is 1.77. The quantitative estimate of drug-likeness (QED) is 0.342. The van der Waals surface area contributed by atoms with Gasteiger partial charge in [-0.25, -0.2) is 0 Å². The van der Waals surface area contributed by atoms with Crippen molar-refractivity contribution in [3.8, 4) is 0 Å². The molecule has 0 bridgehead atoms. The summed E-state index contributed by atoms with van der Waals surface area (Å²) in [5.41, 5.74) is 0. The van der Waals surface area contributed by atoms with Gasteiger partial charge in [0, 0.05) is 12.6 Å². The molecule has 0 amide bonds. The van der Waals surface area contributed by atoms with Gasteiger partial charge in [0.25, 0.3) is 0 Å². The molecule has 1 rings (SSSR count). The van der Waals surface area contributed by atoms with Crippen molar-refractivity contribution in [2.45, 2.75) is 43.8 Å². The van der Waals surface area contributed by atoms with Crippen LogP contribution in [0, 0.1) is 0 Å². The van der Waals surface area contributed by atoms with E-state index >= 15 is 0 Å². The molecule has 1 aliphatic rings. The lowest BCUT2D eigenvalue weighted by Crippen LogP contribution is -2.42. The van der Waals surface area contributed by atoms with Crippen LogP contribution in [0.1, 0.15) is 13.3 Å². The number of ether oxygens (including phenoxy) is 1. The fourth-order valence-electron chi connectivity index (χ4n) is 1.77. The topological polar surface area (TPSA) is 134 Å². The maximum absolute atomic E-state index is 9.63. The highest BCUT2D eigenvalue weighted by Crippen LogP contribution is 2.20. The zero-order valence-corrected chi connectivity index (χ0v) is 9.91. The Morgan fingerprint density at radius 3 is 2.18 bits per heavy atom. The first-order valence-corrected chi connectivity index (χ1v) is 5.60. The minimum atomic E-state index is -1.05. The number of rotatable bonds is 6. The van der Waals surface area contributed by atoms with Gasteiger partial charge in [-0.3, -0.25) is 0 Å². The van der Waals surface area contributed by atoms with E-state index in [0.717, 1.165) is 6.42 Å². The predicted molar refractivity (Wildman–Crippen MR) is 60.5 cm³/mol. The van der Waals surface area contributed by atoms with Gasteiger partial charge < -0.3 is 36.0 Å². The van der Waals surface area contributed by atoms with E-state index in [-0.39, 0.29) is 24.7 Å². The van der Waals surface area contributed by atoms with Crippen molar-refractivity contribution in [3.63, 3.8) is 0 Å². The number of nitrogens with one attached hydrogen (secondary N) is 1. The van der Waals surface area contributed by atoms with Crippen LogP contribution >= 0.6 is 0 Å². The monoisotopic (exact) mass is 253 g/mol. The molecule has 1 heterocycles. The second kappa shape index (κ2) is 7.93. The molecular weight excluding hydrogens is 230 g/mol. The van der Waals surface area contributed by atoms with Crippen LogP contribution < -0.4 is 5.32 Å². The fraction of sp³-hybridized carbons (Fsp3) is 1.00. The molecule has 0 saturated carbocycles. The van der Waals surface area contributed by atoms with Crippen LogP contribution in [0.5, 0.6) is 0 Å². The van der Waals surface area contributed by atoms with Crippen molar-refractivity contribution in [1.29, 1.82) is 0 Å². The SMILES string of the molecule is CCC(CO)NC[C@H]1O[C@H](CO)[C@@H](O)[C@@H]1O.O. The van der Waals surface area contributed by atoms with E-state index < -0.39 is 24.4 Å². The number of aliphatic hydroxyl groups is 4. The van der Waals surface area contributed by atoms with Crippen molar-refractivity contribution < 1.29 is 30.6 Å². The number of hydrogen-bond acceptors (Lipinski definition) is 6. The summed E-state index contributed by atoms with van der Waals surface area (Å²) in [7, 11) is 0. The summed E-state index contributed by atoms with van der Waals surface area (Å²) in [4.78, 5) is 0. The molecule has 17 heavy (non-hydrogen) atoms. The Morgan fingerprint density at radius 2 is 1.76 bits per heavy atom. The van der Waals surface area contributed by atoms with Crippen LogP contribution in [0.4, 0.5) is 0 Å². The van der Waals surface area contributed by atoms with Gasteiger partial charge in [0.15, 0.2) is 0 Å². The number of hydrogen-bond donors (Lipinski definition) is 5. The van der Waals surface area contributed by atoms with E-state index in [1.165, 1.54) is 0 Å². The van der Waals surface area contributed by atoms with Crippen LogP contribution in [-0.4, -0.2) is 76.1 Å². The largest absolute Gasteiger partial charge is 0.412 e. The zero-order chi connectivity index (χ0) is 12.1. The summed E-state index contributed by atoms with van der Waals surface area (Å²) in [6.45, 7) is 1.98. The van der Waals surface area contributed by atoms with Gasteiger partial charge in [0.1, 0.15) is 18.3 Å². The van der Waals surface area contributed by atoms with E-state index in [9.17, 15) is 10.2 Å². The average Bonchev–Trinajstić information content (AvgIpc) is 2.58. The molecule has 1 aliphatic heterocycles. The standard InChI is InChI=1S/C10H21NO5.H2O/c1-2-6(4-12)11-3-7-9(14)10(15)8(5-13)16-7;/h6-15H,2-5H2,1H3;1H2/t6?,7-,8-,9-,10-;/m1./s1. The van der Waals surface area contributed by atoms with Gasteiger partial charge in [-0.15, -0.1) is 0 Å². The maximum atomic E-state index is 9.63. The molecule has 7 heteroatoms. The summed E-state index contributed by atoms with van der Waals surface area (Å²) in [6.07, 6.45) is -2.55. The number of aliphatic hydroxyl groups excluding tert-OH is 4. The van der Waals surface area contributed by atoms with E-state index in [2.05, 4.69) is 5.32 Å². The summed E-state index contributed by atoms with van der Waals surface area (Å²) in [5, 5.41) is 40.0. The van der Waals surface area contributed by atoms with Crippen LogP contribution in [0.2, 0.25) is 0 Å². The normalized spacial score (nSPS) is 34.4. The van der Waals surface area contributed by atoms with Crippen LogP contribution in [0.25, 0.3) is 0 Å². The third kappa shape index (κ3) is 4.14. The maximum Gasteiger partial charge on any atom is 0.111 e. The highest BCUT2D eigenvalue weighted by Gasteiger charge is 2.41. The zero-order valence-electron chi connectivity index (χ0n) is 9.91. The van der Waals surface area contributed by atoms with Crippen molar-refractivity contribution in [1.82, 2.24) is 5.32 Å². The van der Waals surface area contributed by atoms with Gasteiger partial charge in [-0.1, -0.05) is 6.92 Å². The molecule has 1 saturated heterocycles. The highest BCUT2D eigenvalue weighted by atomic mass is 16.6. The molecule has 104 valence electrons. The third-order valence-corrected chi connectivity index (χ3v) is 2.96. The molecular formula is C10H23NO6. The molecule has 0 aromatic heterocycles. The first kappa shape index (κ1) is 16.7. The highest BCUT2D eigenvalue weighted by molar-refractivity contribution is 4.91. The van der Waals surface area contributed by atoms with Gasteiger partial charge in [0.05, 0.1) is 19.3 Å². The predicted octanol–water partition coefficient (Wildman–Crippen LogP) is -3.00. The molecule has 0 aliphatic carbocycles. The van der Waals surface area contributed by atoms with Crippen LogP contribution in [0.3, 0.4) is 0 Å². The Hall–Kier alpha value is -0.280. The molecule has 5 atom stereocenters. The second-order valence-corrected chi connectivity index (χ2v) is 4.07. The lowest BCUT2D eigenvalue weighted by atomic mass is 10.1. The molecule has 1 unspecified atom stereocenters. The minimum Gasteiger partial charge on any atom is -0.412 e. The van der Waals surface area contributed by atoms with Crippen LogP contribution in [0.15, 0.2) is 0 Å². The molecule has 0 spiro atoms. The van der Waals surface area contributed by atoms with Crippen molar-refractivity contribution in [2.75, 3.05) is 19.8 Å². The smallest absolute Gasteiger partial charge is 0.111 e. The van der Waals surface area contributed by atoms with Crippen molar-refractivity contribution in [2.24, 2.45) is 0 Å². The van der Waals surface area contributed by atoms with Crippen molar-refractivity contribution in [3.05, 3.63) is 0 Å². The lowest BCUT2D eigenvalue weighted by molar-refractivity contribution is -0.0223. The lowest BCUT2D eigenvalue weighted by Gasteiger charge is -2.19. The third-order valence-electron chi connectivity index (χ3n) is 2.96. The van der Waals surface area contributed by atoms with Gasteiger partial charge in [-0.2, -0.15) is 0 Å². The Bertz CT molecular complexity index is 201. The molecule has 0 aromatic carbocycles. The summed E-state index contributed by atoms with van der Waals surface area (Å²) >= 11 is 0. The van der Waals surface area contributed by atoms with Crippen molar-refractivity contribution >= 4 is 0 Å². The molecule has 7 nitrogen and oxygen atoms in total. The Kier molecular flexibility index (Phi) is 7.80. The molecule has 0 aromatic rings. The van der Waals surface area contributed by atoms with E-state index in [0.29, 0.717) is 6.54 Å². The average molecular weight is 253 g/mol. The first-order chi connectivity index (χ1) is 7.63.